The van der Waals surface area contributed by atoms with Crippen molar-refractivity contribution >= 4 is 11.6 Å². The number of rotatable bonds is 6. The van der Waals surface area contributed by atoms with E-state index in [2.05, 4.69) is 0 Å². The number of benzene rings is 1. The number of hydrogen-bond acceptors (Lipinski definition) is 4. The van der Waals surface area contributed by atoms with Crippen molar-refractivity contribution in [3.05, 3.63) is 39.9 Å². The molecule has 0 spiro atoms. The van der Waals surface area contributed by atoms with Crippen LogP contribution in [0.25, 0.3) is 0 Å². The van der Waals surface area contributed by atoms with Gasteiger partial charge >= 0.3 is 0 Å². The molecule has 0 heterocycles. The summed E-state index contributed by atoms with van der Waals surface area (Å²) in [5, 5.41) is 10.7. The van der Waals surface area contributed by atoms with Crippen LogP contribution >= 0.6 is 0 Å². The molecule has 2 N–H and O–H groups in total. The zero-order valence-corrected chi connectivity index (χ0v) is 12.1. The second-order valence-electron chi connectivity index (χ2n) is 5.03. The van der Waals surface area contributed by atoms with Crippen molar-refractivity contribution in [2.45, 2.75) is 32.9 Å². The van der Waals surface area contributed by atoms with Crippen LogP contribution in [0.3, 0.4) is 0 Å². The van der Waals surface area contributed by atoms with E-state index in [0.29, 0.717) is 12.1 Å². The Morgan fingerprint density at radius 1 is 1.50 bits per heavy atom. The maximum absolute atomic E-state index is 12.1. The van der Waals surface area contributed by atoms with Crippen LogP contribution in [0.15, 0.2) is 24.3 Å². The van der Waals surface area contributed by atoms with Crippen LogP contribution in [0.5, 0.6) is 0 Å². The minimum atomic E-state index is -0.538. The Hall–Kier alpha value is -1.95. The predicted octanol–water partition coefficient (Wildman–Crippen LogP) is 1.93. The average Bonchev–Trinajstić information content (AvgIpc) is 2.44. The molecule has 110 valence electrons. The van der Waals surface area contributed by atoms with E-state index in [-0.39, 0.29) is 17.5 Å². The molecule has 0 saturated carbocycles. The lowest BCUT2D eigenvalue weighted by molar-refractivity contribution is -0.384. The van der Waals surface area contributed by atoms with E-state index in [9.17, 15) is 14.9 Å². The summed E-state index contributed by atoms with van der Waals surface area (Å²) in [5.41, 5.74) is 6.64. The molecule has 0 aliphatic heterocycles. The van der Waals surface area contributed by atoms with Crippen molar-refractivity contribution in [3.8, 4) is 0 Å². The van der Waals surface area contributed by atoms with Crippen LogP contribution in [0.4, 0.5) is 5.69 Å². The quantitative estimate of drug-likeness (QED) is 0.636. The molecule has 1 aromatic rings. The zero-order valence-electron chi connectivity index (χ0n) is 12.1. The number of nitrogens with two attached hydrogens (primary N) is 1. The highest BCUT2D eigenvalue weighted by Crippen LogP contribution is 2.15. The highest BCUT2D eigenvalue weighted by atomic mass is 16.6. The van der Waals surface area contributed by atoms with Crippen molar-refractivity contribution < 1.29 is 9.72 Å². The number of hydrogen-bond donors (Lipinski definition) is 1. The zero-order chi connectivity index (χ0) is 15.3. The number of nitro benzene ring substituents is 1. The van der Waals surface area contributed by atoms with Crippen molar-refractivity contribution in [3.63, 3.8) is 0 Å². The monoisotopic (exact) mass is 279 g/mol. The van der Waals surface area contributed by atoms with Crippen molar-refractivity contribution in [2.75, 3.05) is 7.05 Å². The standard InChI is InChI=1S/C14H21N3O3/c1-4-10(2)13(15)14(18)16(3)9-11-6-5-7-12(8-11)17(19)20/h5-8,10,13H,4,9,15H2,1-3H3/t10?,13-/m0/s1. The van der Waals surface area contributed by atoms with Gasteiger partial charge < -0.3 is 10.6 Å². The highest BCUT2D eigenvalue weighted by molar-refractivity contribution is 5.81. The van der Waals surface area contributed by atoms with Gasteiger partial charge in [0.25, 0.3) is 5.69 Å². The van der Waals surface area contributed by atoms with Gasteiger partial charge in [-0.05, 0) is 11.5 Å². The summed E-state index contributed by atoms with van der Waals surface area (Å²) in [7, 11) is 1.66. The molecular weight excluding hydrogens is 258 g/mol. The van der Waals surface area contributed by atoms with Gasteiger partial charge in [-0.15, -0.1) is 0 Å². The van der Waals surface area contributed by atoms with Gasteiger partial charge in [-0.2, -0.15) is 0 Å². The molecule has 1 amide bonds. The van der Waals surface area contributed by atoms with Crippen LogP contribution in [0.2, 0.25) is 0 Å². The molecule has 20 heavy (non-hydrogen) atoms. The Morgan fingerprint density at radius 3 is 2.70 bits per heavy atom. The molecule has 0 bridgehead atoms. The van der Waals surface area contributed by atoms with Crippen molar-refractivity contribution in [2.24, 2.45) is 11.7 Å². The summed E-state index contributed by atoms with van der Waals surface area (Å²) >= 11 is 0. The molecule has 2 atom stereocenters. The van der Waals surface area contributed by atoms with E-state index in [1.807, 2.05) is 13.8 Å². The first kappa shape index (κ1) is 16.1. The Balaban J connectivity index is 2.75. The van der Waals surface area contributed by atoms with Crippen LogP contribution in [0, 0.1) is 16.0 Å². The molecule has 0 aliphatic rings. The number of likely N-dealkylation sites (N-methyl/N-ethyl adjacent to an activating group) is 1. The van der Waals surface area contributed by atoms with Gasteiger partial charge in [-0.3, -0.25) is 14.9 Å². The molecule has 0 aromatic heterocycles. The molecule has 1 rings (SSSR count). The van der Waals surface area contributed by atoms with E-state index >= 15 is 0 Å². The van der Waals surface area contributed by atoms with E-state index in [1.165, 1.54) is 17.0 Å². The lowest BCUT2D eigenvalue weighted by Crippen LogP contribution is -2.45. The van der Waals surface area contributed by atoms with Gasteiger partial charge in [0.2, 0.25) is 5.91 Å². The molecule has 6 nitrogen and oxygen atoms in total. The fourth-order valence-corrected chi connectivity index (χ4v) is 1.87. The van der Waals surface area contributed by atoms with Crippen LogP contribution in [-0.2, 0) is 11.3 Å². The SMILES string of the molecule is CCC(C)[C@H](N)C(=O)N(C)Cc1cccc([N+](=O)[O-])c1. The lowest BCUT2D eigenvalue weighted by Gasteiger charge is -2.24. The van der Waals surface area contributed by atoms with Crippen molar-refractivity contribution in [1.82, 2.24) is 4.90 Å². The molecule has 0 radical (unpaired) electrons. The lowest BCUT2D eigenvalue weighted by atomic mass is 9.99. The summed E-state index contributed by atoms with van der Waals surface area (Å²) in [6, 6.07) is 5.73. The third kappa shape index (κ3) is 4.03. The van der Waals surface area contributed by atoms with E-state index < -0.39 is 11.0 Å². The largest absolute Gasteiger partial charge is 0.340 e. The van der Waals surface area contributed by atoms with Gasteiger partial charge in [0, 0.05) is 25.7 Å². The molecule has 6 heteroatoms. The van der Waals surface area contributed by atoms with Gasteiger partial charge in [-0.25, -0.2) is 0 Å². The minimum Gasteiger partial charge on any atom is -0.340 e. The van der Waals surface area contributed by atoms with E-state index in [0.717, 1.165) is 6.42 Å². The summed E-state index contributed by atoms with van der Waals surface area (Å²) < 4.78 is 0. The second kappa shape index (κ2) is 7.00. The molecule has 1 unspecified atom stereocenters. The summed E-state index contributed by atoms with van der Waals surface area (Å²) in [4.78, 5) is 23.9. The maximum atomic E-state index is 12.1. The number of nitro groups is 1. The number of carbonyl (C=O) groups is 1. The maximum Gasteiger partial charge on any atom is 0.269 e. The first-order valence-electron chi connectivity index (χ1n) is 6.60. The van der Waals surface area contributed by atoms with Gasteiger partial charge in [0.05, 0.1) is 11.0 Å². The molecular formula is C14H21N3O3. The highest BCUT2D eigenvalue weighted by Gasteiger charge is 2.23. The Morgan fingerprint density at radius 2 is 2.15 bits per heavy atom. The second-order valence-corrected chi connectivity index (χ2v) is 5.03. The van der Waals surface area contributed by atoms with Crippen LogP contribution < -0.4 is 5.73 Å². The molecule has 1 aromatic carbocycles. The predicted molar refractivity (Wildman–Crippen MR) is 77.0 cm³/mol. The number of carbonyl (C=O) groups excluding carboxylic acids is 1. The number of amides is 1. The Labute approximate surface area is 118 Å². The number of nitrogens with zero attached hydrogens (tertiary/aromatic N) is 2. The fraction of sp³-hybridized carbons (Fsp3) is 0.500. The summed E-state index contributed by atoms with van der Waals surface area (Å²) in [5.74, 6) is -0.0408. The Bertz CT molecular complexity index is 490. The number of non-ortho nitro benzene ring substituents is 1. The topological polar surface area (TPSA) is 89.5 Å². The Kier molecular flexibility index (Phi) is 5.64. The van der Waals surface area contributed by atoms with Crippen LogP contribution in [0.1, 0.15) is 25.8 Å². The van der Waals surface area contributed by atoms with Crippen LogP contribution in [-0.4, -0.2) is 28.8 Å². The smallest absolute Gasteiger partial charge is 0.269 e. The van der Waals surface area contributed by atoms with Gasteiger partial charge in [0.15, 0.2) is 0 Å². The first-order chi connectivity index (χ1) is 9.36. The van der Waals surface area contributed by atoms with E-state index in [4.69, 9.17) is 5.73 Å². The first-order valence-corrected chi connectivity index (χ1v) is 6.60. The fourth-order valence-electron chi connectivity index (χ4n) is 1.87. The minimum absolute atomic E-state index is 0.0228. The van der Waals surface area contributed by atoms with E-state index in [1.54, 1.807) is 19.2 Å². The summed E-state index contributed by atoms with van der Waals surface area (Å²) in [6.07, 6.45) is 0.831. The van der Waals surface area contributed by atoms with Crippen molar-refractivity contribution in [1.29, 1.82) is 0 Å². The summed E-state index contributed by atoms with van der Waals surface area (Å²) in [6.45, 7) is 4.23. The average molecular weight is 279 g/mol. The van der Waals surface area contributed by atoms with Gasteiger partial charge in [0.1, 0.15) is 0 Å². The third-order valence-electron chi connectivity index (χ3n) is 3.46. The van der Waals surface area contributed by atoms with Gasteiger partial charge in [-0.1, -0.05) is 32.4 Å². The third-order valence-corrected chi connectivity index (χ3v) is 3.46. The molecule has 0 aliphatic carbocycles. The normalized spacial score (nSPS) is 13.6. The molecule has 0 fully saturated rings. The molecule has 0 saturated heterocycles.